The van der Waals surface area contributed by atoms with E-state index in [2.05, 4.69) is 20.9 Å². The summed E-state index contributed by atoms with van der Waals surface area (Å²) in [5.74, 6) is 0. The van der Waals surface area contributed by atoms with Crippen LogP contribution in [-0.2, 0) is 10.4 Å². The van der Waals surface area contributed by atoms with Gasteiger partial charge in [-0.05, 0) is 0 Å². The van der Waals surface area contributed by atoms with Gasteiger partial charge in [-0.15, -0.1) is 0 Å². The van der Waals surface area contributed by atoms with E-state index in [1.165, 1.54) is 0 Å². The van der Waals surface area contributed by atoms with Gasteiger partial charge in [0.05, 0.1) is 0 Å². The molecule has 0 amide bonds. The molecule has 76 valence electrons. The van der Waals surface area contributed by atoms with Gasteiger partial charge in [-0.3, -0.25) is 9.11 Å². The molecule has 0 saturated carbocycles. The lowest BCUT2D eigenvalue weighted by Crippen LogP contribution is -3.00. The van der Waals surface area contributed by atoms with Crippen molar-refractivity contribution in [2.45, 2.75) is 0 Å². The van der Waals surface area contributed by atoms with Gasteiger partial charge in [-0.1, -0.05) is 15.9 Å². The summed E-state index contributed by atoms with van der Waals surface area (Å²) in [5.41, 5.74) is 0. The predicted octanol–water partition coefficient (Wildman–Crippen LogP) is -2.39. The smallest absolute Gasteiger partial charge is 0.394 e. The fraction of sp³-hybridized carbons (Fsp3) is 0. The highest BCUT2D eigenvalue weighted by atomic mass is 79.9. The van der Waals surface area contributed by atoms with E-state index < -0.39 is 10.4 Å². The van der Waals surface area contributed by atoms with Gasteiger partial charge in [0.2, 0.25) is 0 Å². The fourth-order valence-corrected chi connectivity index (χ4v) is 0.631. The van der Waals surface area contributed by atoms with E-state index in [1.54, 1.807) is 0 Å². The molecule has 0 radical (unpaired) electrons. The van der Waals surface area contributed by atoms with Gasteiger partial charge in [0, 0.05) is 16.6 Å². The molecule has 0 aliphatic heterocycles. The number of hydrogen-bond acceptors (Lipinski definition) is 2. The highest BCUT2D eigenvalue weighted by Gasteiger charge is 1.84. The summed E-state index contributed by atoms with van der Waals surface area (Å²) in [6.45, 7) is 0. The van der Waals surface area contributed by atoms with Crippen molar-refractivity contribution >= 4 is 26.3 Å². The van der Waals surface area contributed by atoms with E-state index in [9.17, 15) is 0 Å². The fourth-order valence-electron chi connectivity index (χ4n) is 0.367. The molecule has 0 saturated heterocycles. The normalized spacial score (nSPS) is 9.15. The average Bonchev–Trinajstić information content (AvgIpc) is 1.85. The van der Waals surface area contributed by atoms with E-state index in [1.807, 2.05) is 24.5 Å². The average molecular weight is 337 g/mol. The number of aromatic amines is 1. The van der Waals surface area contributed by atoms with E-state index in [0.717, 1.165) is 4.47 Å². The molecule has 0 aromatic carbocycles. The number of H-pyrrole nitrogens is 1. The first-order valence-electron chi connectivity index (χ1n) is 2.71. The maximum atomic E-state index is 8.74. The van der Waals surface area contributed by atoms with Gasteiger partial charge in [-0.2, -0.15) is 8.42 Å². The molecule has 1 heterocycles. The first-order chi connectivity index (χ1) is 5.39. The molecule has 13 heavy (non-hydrogen) atoms. The molecule has 0 atom stereocenters. The molecule has 0 bridgehead atoms. The second kappa shape index (κ2) is 7.39. The number of hydrogen-bond donors (Lipinski definition) is 2. The van der Waals surface area contributed by atoms with Crippen LogP contribution in [0.5, 0.6) is 0 Å². The third-order valence-corrected chi connectivity index (χ3v) is 1.21. The van der Waals surface area contributed by atoms with Gasteiger partial charge in [0.1, 0.15) is 0 Å². The molecule has 0 aliphatic rings. The SMILES string of the molecule is Brc1cc[nH+]cc1.O=S(=O)(O)O.[Br-]. The number of pyridine rings is 1. The van der Waals surface area contributed by atoms with Gasteiger partial charge >= 0.3 is 10.4 Å². The van der Waals surface area contributed by atoms with Crippen LogP contribution in [0.4, 0.5) is 0 Å². The lowest BCUT2D eigenvalue weighted by molar-refractivity contribution is -0.378. The zero-order valence-electron chi connectivity index (χ0n) is 6.18. The summed E-state index contributed by atoms with van der Waals surface area (Å²) in [4.78, 5) is 2.90. The topological polar surface area (TPSA) is 88.7 Å². The van der Waals surface area contributed by atoms with E-state index in [-0.39, 0.29) is 17.0 Å². The Morgan fingerprint density at radius 2 is 1.54 bits per heavy atom. The Labute approximate surface area is 94.7 Å². The molecule has 1 rings (SSSR count). The van der Waals surface area contributed by atoms with Crippen LogP contribution in [0, 0.1) is 0 Å². The highest BCUT2D eigenvalue weighted by Crippen LogP contribution is 2.02. The Morgan fingerprint density at radius 3 is 1.69 bits per heavy atom. The van der Waals surface area contributed by atoms with E-state index >= 15 is 0 Å². The summed E-state index contributed by atoms with van der Waals surface area (Å²) < 4.78 is 32.7. The van der Waals surface area contributed by atoms with Crippen molar-refractivity contribution in [1.82, 2.24) is 0 Å². The molecule has 0 spiro atoms. The van der Waals surface area contributed by atoms with Crippen LogP contribution in [-0.4, -0.2) is 17.5 Å². The van der Waals surface area contributed by atoms with Crippen molar-refractivity contribution in [3.63, 3.8) is 0 Å². The summed E-state index contributed by atoms with van der Waals surface area (Å²) in [7, 11) is -4.67. The van der Waals surface area contributed by atoms with Crippen LogP contribution < -0.4 is 22.0 Å². The second-order valence-electron chi connectivity index (χ2n) is 1.67. The lowest BCUT2D eigenvalue weighted by atomic mass is 10.5. The van der Waals surface area contributed by atoms with Gasteiger partial charge in [0.15, 0.2) is 12.4 Å². The minimum absolute atomic E-state index is 0. The Kier molecular flexibility index (Phi) is 8.78. The third kappa shape index (κ3) is 18.7. The molecule has 0 fully saturated rings. The van der Waals surface area contributed by atoms with Gasteiger partial charge in [0.25, 0.3) is 0 Å². The van der Waals surface area contributed by atoms with Crippen molar-refractivity contribution in [3.05, 3.63) is 29.0 Å². The standard InChI is InChI=1S/C5H4BrN.BrH.H2O4S/c6-5-1-3-7-4-2-5;;1-5(2,3)4/h1-4H;1H;(H2,1,2,3,4). The summed E-state index contributed by atoms with van der Waals surface area (Å²) in [6, 6.07) is 3.89. The minimum atomic E-state index is -4.67. The monoisotopic (exact) mass is 335 g/mol. The minimum Gasteiger partial charge on any atom is -1.00 e. The Morgan fingerprint density at radius 1 is 1.23 bits per heavy atom. The Bertz CT molecular complexity index is 307. The van der Waals surface area contributed by atoms with Crippen LogP contribution in [0.3, 0.4) is 0 Å². The molecular weight excluding hydrogens is 330 g/mol. The quantitative estimate of drug-likeness (QED) is 0.518. The number of nitrogens with one attached hydrogen (secondary N) is 1. The van der Waals surface area contributed by atoms with E-state index in [4.69, 9.17) is 17.5 Å². The summed E-state index contributed by atoms with van der Waals surface area (Å²) >= 11 is 3.29. The predicted molar refractivity (Wildman–Crippen MR) is 44.9 cm³/mol. The Hall–Kier alpha value is -0.0200. The first kappa shape index (κ1) is 15.5. The maximum absolute atomic E-state index is 8.74. The van der Waals surface area contributed by atoms with Crippen molar-refractivity contribution < 1.29 is 39.5 Å². The van der Waals surface area contributed by atoms with Crippen LogP contribution in [0.2, 0.25) is 0 Å². The zero-order valence-corrected chi connectivity index (χ0v) is 10.2. The molecule has 5 nitrogen and oxygen atoms in total. The highest BCUT2D eigenvalue weighted by molar-refractivity contribution is 9.10. The summed E-state index contributed by atoms with van der Waals surface area (Å²) in [6.07, 6.45) is 3.73. The number of halogens is 2. The van der Waals surface area contributed by atoms with Crippen LogP contribution in [0.15, 0.2) is 29.0 Å². The molecule has 3 N–H and O–H groups in total. The molecule has 1 aromatic heterocycles. The van der Waals surface area contributed by atoms with Crippen molar-refractivity contribution in [2.24, 2.45) is 0 Å². The largest absolute Gasteiger partial charge is 1.00 e. The molecular formula is C5H7Br2NO4S. The Balaban J connectivity index is 0. The van der Waals surface area contributed by atoms with Gasteiger partial charge in [-0.25, -0.2) is 4.98 Å². The van der Waals surface area contributed by atoms with E-state index in [0.29, 0.717) is 0 Å². The molecule has 0 aliphatic carbocycles. The molecule has 0 unspecified atom stereocenters. The molecule has 8 heteroatoms. The summed E-state index contributed by atoms with van der Waals surface area (Å²) in [5, 5.41) is 0. The van der Waals surface area contributed by atoms with Crippen LogP contribution in [0.1, 0.15) is 0 Å². The molecule has 1 aromatic rings. The van der Waals surface area contributed by atoms with Crippen molar-refractivity contribution in [3.8, 4) is 0 Å². The first-order valence-corrected chi connectivity index (χ1v) is 4.90. The van der Waals surface area contributed by atoms with Crippen molar-refractivity contribution in [2.75, 3.05) is 0 Å². The van der Waals surface area contributed by atoms with Crippen molar-refractivity contribution in [1.29, 1.82) is 0 Å². The van der Waals surface area contributed by atoms with Crippen LogP contribution >= 0.6 is 15.9 Å². The van der Waals surface area contributed by atoms with Crippen LogP contribution in [0.25, 0.3) is 0 Å². The zero-order chi connectivity index (χ0) is 9.61. The second-order valence-corrected chi connectivity index (χ2v) is 3.48. The number of rotatable bonds is 0. The number of aromatic nitrogens is 1. The third-order valence-electron chi connectivity index (χ3n) is 0.678. The van der Waals surface area contributed by atoms with Gasteiger partial charge < -0.3 is 17.0 Å². The maximum Gasteiger partial charge on any atom is 0.394 e. The lowest BCUT2D eigenvalue weighted by Gasteiger charge is -1.75.